The number of fused-ring (bicyclic) bond motifs is 5. The molecule has 2 aromatic heterocycles. The number of benzene rings is 1. The van der Waals surface area contributed by atoms with E-state index in [0.717, 1.165) is 41.3 Å². The normalized spacial score (nSPS) is 29.9. The molecule has 2 saturated carbocycles. The maximum atomic E-state index is 13.6. The molecule has 9 nitrogen and oxygen atoms in total. The highest BCUT2D eigenvalue weighted by Gasteiger charge is 2.37. The Hall–Kier alpha value is -3.07. The summed E-state index contributed by atoms with van der Waals surface area (Å²) in [6, 6.07) is 8.19. The Kier molecular flexibility index (Phi) is 7.27. The monoisotopic (exact) mass is 532 g/mol. The molecular formula is C30H40N6O3. The number of aryl methyl sites for hydroxylation is 1. The zero-order valence-corrected chi connectivity index (χ0v) is 23.1. The molecule has 4 fully saturated rings. The van der Waals surface area contributed by atoms with Gasteiger partial charge < -0.3 is 9.88 Å². The number of aromatic amines is 1. The Labute approximate surface area is 228 Å². The van der Waals surface area contributed by atoms with Crippen LogP contribution in [0.1, 0.15) is 89.3 Å². The Morgan fingerprint density at radius 2 is 1.62 bits per heavy atom. The van der Waals surface area contributed by atoms with E-state index >= 15 is 0 Å². The van der Waals surface area contributed by atoms with E-state index in [1.807, 2.05) is 24.3 Å². The minimum absolute atomic E-state index is 0.00251. The molecule has 0 radical (unpaired) electrons. The third kappa shape index (κ3) is 5.25. The van der Waals surface area contributed by atoms with Crippen molar-refractivity contribution in [1.29, 1.82) is 0 Å². The van der Waals surface area contributed by atoms with Gasteiger partial charge in [0.05, 0.1) is 11.0 Å². The Morgan fingerprint density at radius 3 is 2.33 bits per heavy atom. The number of H-pyrrole nitrogens is 1. The SMILES string of the molecule is C1CC2CCCC(C1)C2.Cc1nn(-c2nc3ccccc3n([C@@H]3CC4N[C@H](CCC4C)C3)c2=O)c(=O)[nH]c1=O. The summed E-state index contributed by atoms with van der Waals surface area (Å²) >= 11 is 0. The van der Waals surface area contributed by atoms with Gasteiger partial charge in [-0.1, -0.05) is 57.6 Å². The second-order valence-electron chi connectivity index (χ2n) is 12.3. The van der Waals surface area contributed by atoms with Gasteiger partial charge in [-0.05, 0) is 68.9 Å². The molecule has 2 unspecified atom stereocenters. The zero-order valence-electron chi connectivity index (χ0n) is 23.1. The summed E-state index contributed by atoms with van der Waals surface area (Å²) in [5.41, 5.74) is -0.252. The standard InChI is InChI=1S/C21H24N6O3.C9H16/c1-11-7-8-13-9-14(10-16(11)22-13)26-17-6-4-3-5-15(17)23-18(20(26)29)27-21(30)24-19(28)12(2)25-27;1-3-8-5-2-6-9(4-1)7-8/h3-6,11,13-14,16,22H,7-10H2,1-2H3,(H,24,28,30);8-9H,1-7H2/t11?,13-,14+,16?;/m1./s1. The number of hydrogen-bond donors (Lipinski definition) is 2. The lowest BCUT2D eigenvalue weighted by atomic mass is 9.72. The van der Waals surface area contributed by atoms with Crippen molar-refractivity contribution in [3.8, 4) is 5.82 Å². The van der Waals surface area contributed by atoms with E-state index < -0.39 is 11.2 Å². The van der Waals surface area contributed by atoms with Crippen molar-refractivity contribution in [1.82, 2.24) is 29.6 Å². The van der Waals surface area contributed by atoms with E-state index in [4.69, 9.17) is 0 Å². The van der Waals surface area contributed by atoms with Crippen molar-refractivity contribution < 1.29 is 0 Å². The molecule has 3 aromatic rings. The van der Waals surface area contributed by atoms with Crippen LogP contribution in [-0.2, 0) is 0 Å². The number of rotatable bonds is 2. The number of para-hydroxylation sites is 2. The molecule has 0 amide bonds. The number of nitrogens with zero attached hydrogens (tertiary/aromatic N) is 4. The molecule has 0 spiro atoms. The fourth-order valence-electron chi connectivity index (χ4n) is 7.52. The van der Waals surface area contributed by atoms with Crippen LogP contribution in [-0.4, -0.2) is 36.4 Å². The van der Waals surface area contributed by atoms with Gasteiger partial charge in [-0.3, -0.25) is 14.6 Å². The van der Waals surface area contributed by atoms with Gasteiger partial charge in [-0.15, -0.1) is 0 Å². The minimum Gasteiger partial charge on any atom is -0.311 e. The van der Waals surface area contributed by atoms with Crippen molar-refractivity contribution in [2.75, 3.05) is 0 Å². The molecule has 4 aliphatic rings. The predicted octanol–water partition coefficient (Wildman–Crippen LogP) is 4.01. The summed E-state index contributed by atoms with van der Waals surface area (Å²) < 4.78 is 2.69. The van der Waals surface area contributed by atoms with E-state index in [0.29, 0.717) is 23.5 Å². The van der Waals surface area contributed by atoms with Gasteiger partial charge in [-0.2, -0.15) is 9.78 Å². The largest absolute Gasteiger partial charge is 0.351 e. The zero-order chi connectivity index (χ0) is 27.1. The first-order valence-electron chi connectivity index (χ1n) is 14.9. The lowest BCUT2D eigenvalue weighted by Gasteiger charge is -2.44. The fraction of sp³-hybridized carbons (Fsp3) is 0.633. The highest BCUT2D eigenvalue weighted by molar-refractivity contribution is 5.75. The summed E-state index contributed by atoms with van der Waals surface area (Å²) in [5, 5.41) is 7.74. The maximum absolute atomic E-state index is 13.6. The molecule has 7 rings (SSSR count). The first-order chi connectivity index (χ1) is 18.9. The highest BCUT2D eigenvalue weighted by atomic mass is 16.2. The first kappa shape index (κ1) is 26.2. The predicted molar refractivity (Wildman–Crippen MR) is 151 cm³/mol. The smallest absolute Gasteiger partial charge is 0.311 e. The van der Waals surface area contributed by atoms with Crippen molar-refractivity contribution in [2.24, 2.45) is 17.8 Å². The van der Waals surface area contributed by atoms with Gasteiger partial charge in [0.2, 0.25) is 5.82 Å². The number of nitrogens with one attached hydrogen (secondary N) is 2. The van der Waals surface area contributed by atoms with Crippen LogP contribution in [0.4, 0.5) is 0 Å². The molecule has 4 bridgehead atoms. The molecular weight excluding hydrogens is 492 g/mol. The van der Waals surface area contributed by atoms with Gasteiger partial charge in [0.25, 0.3) is 11.1 Å². The van der Waals surface area contributed by atoms with E-state index in [9.17, 15) is 14.4 Å². The van der Waals surface area contributed by atoms with Crippen LogP contribution in [0.5, 0.6) is 0 Å². The lowest BCUT2D eigenvalue weighted by Crippen LogP contribution is -2.53. The topological polar surface area (TPSA) is 115 Å². The number of aromatic nitrogens is 5. The summed E-state index contributed by atoms with van der Waals surface area (Å²) in [4.78, 5) is 44.4. The molecule has 2 N–H and O–H groups in total. The first-order valence-corrected chi connectivity index (χ1v) is 14.9. The number of hydrogen-bond acceptors (Lipinski definition) is 6. The molecule has 39 heavy (non-hydrogen) atoms. The van der Waals surface area contributed by atoms with Crippen LogP contribution >= 0.6 is 0 Å². The van der Waals surface area contributed by atoms with Crippen LogP contribution in [0.3, 0.4) is 0 Å². The van der Waals surface area contributed by atoms with Crippen molar-refractivity contribution in [2.45, 2.75) is 103 Å². The van der Waals surface area contributed by atoms with Gasteiger partial charge >= 0.3 is 5.69 Å². The average molecular weight is 533 g/mol. The van der Waals surface area contributed by atoms with Crippen LogP contribution in [0.15, 0.2) is 38.6 Å². The van der Waals surface area contributed by atoms with Gasteiger partial charge in [0.15, 0.2) is 0 Å². The summed E-state index contributed by atoms with van der Waals surface area (Å²) in [5.74, 6) is 2.77. The summed E-state index contributed by atoms with van der Waals surface area (Å²) in [6.07, 6.45) is 14.9. The quantitative estimate of drug-likeness (QED) is 0.516. The van der Waals surface area contributed by atoms with Crippen LogP contribution in [0.25, 0.3) is 16.9 Å². The van der Waals surface area contributed by atoms with Crippen molar-refractivity contribution >= 4 is 11.0 Å². The minimum atomic E-state index is -0.771. The van der Waals surface area contributed by atoms with E-state index in [2.05, 4.69) is 27.3 Å². The second-order valence-corrected chi connectivity index (χ2v) is 12.3. The molecule has 2 aliphatic heterocycles. The van der Waals surface area contributed by atoms with Crippen LogP contribution in [0.2, 0.25) is 0 Å². The number of piperidine rings is 2. The molecule has 208 valence electrons. The average Bonchev–Trinajstić information content (AvgIpc) is 2.93. The second kappa shape index (κ2) is 10.8. The lowest BCUT2D eigenvalue weighted by molar-refractivity contribution is 0.144. The molecule has 9 heteroatoms. The van der Waals surface area contributed by atoms with Gasteiger partial charge in [0, 0.05) is 18.1 Å². The van der Waals surface area contributed by atoms with Crippen LogP contribution in [0, 0.1) is 24.7 Å². The van der Waals surface area contributed by atoms with Crippen molar-refractivity contribution in [3.63, 3.8) is 0 Å². The van der Waals surface area contributed by atoms with Crippen molar-refractivity contribution in [3.05, 3.63) is 61.2 Å². The third-order valence-electron chi connectivity index (χ3n) is 9.64. The molecule has 2 saturated heterocycles. The van der Waals surface area contributed by atoms with E-state index in [1.165, 1.54) is 26.2 Å². The maximum Gasteiger partial charge on any atom is 0.351 e. The fourth-order valence-corrected chi connectivity index (χ4v) is 7.52. The molecule has 2 aliphatic carbocycles. The summed E-state index contributed by atoms with van der Waals surface area (Å²) in [6.45, 7) is 3.74. The third-order valence-corrected chi connectivity index (χ3v) is 9.64. The van der Waals surface area contributed by atoms with E-state index in [-0.39, 0.29) is 23.1 Å². The Morgan fingerprint density at radius 1 is 0.897 bits per heavy atom. The van der Waals surface area contributed by atoms with Crippen LogP contribution < -0.4 is 22.1 Å². The Balaban J connectivity index is 0.000000258. The van der Waals surface area contributed by atoms with Gasteiger partial charge in [0.1, 0.15) is 5.69 Å². The molecule has 1 aromatic carbocycles. The summed E-state index contributed by atoms with van der Waals surface area (Å²) in [7, 11) is 0. The molecule has 4 atom stereocenters. The van der Waals surface area contributed by atoms with E-state index in [1.54, 1.807) is 36.7 Å². The highest BCUT2D eigenvalue weighted by Crippen LogP contribution is 2.39. The molecule has 4 heterocycles. The Bertz CT molecular complexity index is 1500. The van der Waals surface area contributed by atoms with Gasteiger partial charge in [-0.25, -0.2) is 9.78 Å².